The fourth-order valence-corrected chi connectivity index (χ4v) is 2.62. The summed E-state index contributed by atoms with van der Waals surface area (Å²) in [6, 6.07) is 15.0. The molecule has 0 saturated carbocycles. The van der Waals surface area contributed by atoms with Crippen LogP contribution in [0.4, 0.5) is 0 Å². The molecule has 0 spiro atoms. The van der Waals surface area contributed by atoms with Crippen LogP contribution in [0.15, 0.2) is 72.8 Å². The van der Waals surface area contributed by atoms with Gasteiger partial charge in [0.05, 0.1) is 5.60 Å². The molecule has 0 aromatic heterocycles. The minimum absolute atomic E-state index is 0.192. The summed E-state index contributed by atoms with van der Waals surface area (Å²) in [5.74, 6) is 0.775. The van der Waals surface area contributed by atoms with Gasteiger partial charge in [0.15, 0.2) is 6.29 Å². The Balaban J connectivity index is 2.04. The number of hydrogen-bond donors (Lipinski definition) is 3. The molecule has 2 aromatic rings. The zero-order valence-corrected chi connectivity index (χ0v) is 17.0. The Labute approximate surface area is 167 Å². The summed E-state index contributed by atoms with van der Waals surface area (Å²) in [6.07, 6.45) is 6.19. The van der Waals surface area contributed by atoms with E-state index < -0.39 is 11.9 Å². The lowest BCUT2D eigenvalue weighted by Gasteiger charge is -2.21. The van der Waals surface area contributed by atoms with Gasteiger partial charge in [0.1, 0.15) is 12.4 Å². The van der Waals surface area contributed by atoms with Crippen LogP contribution in [0.2, 0.25) is 0 Å². The number of benzene rings is 2. The van der Waals surface area contributed by atoms with Crippen molar-refractivity contribution >= 4 is 0 Å². The van der Waals surface area contributed by atoms with Crippen LogP contribution in [0.1, 0.15) is 50.7 Å². The molecule has 2 rings (SSSR count). The van der Waals surface area contributed by atoms with Gasteiger partial charge in [-0.3, -0.25) is 0 Å². The quantitative estimate of drug-likeness (QED) is 0.467. The van der Waals surface area contributed by atoms with Crippen molar-refractivity contribution in [1.82, 2.24) is 0 Å². The SMILES string of the molecule is CC(C)(O)C=CC=CC(C)(C)c1cccc(OCc2ccc(C(O)O)cc2)c1. The Bertz CT molecular complexity index is 809. The van der Waals surface area contributed by atoms with Crippen molar-refractivity contribution in [2.45, 2.75) is 51.6 Å². The molecule has 0 aliphatic carbocycles. The van der Waals surface area contributed by atoms with Gasteiger partial charge in [-0.15, -0.1) is 0 Å². The third kappa shape index (κ3) is 6.97. The monoisotopic (exact) mass is 382 g/mol. The third-order valence-corrected chi connectivity index (χ3v) is 4.39. The van der Waals surface area contributed by atoms with E-state index in [9.17, 15) is 5.11 Å². The van der Waals surface area contributed by atoms with Gasteiger partial charge in [-0.1, -0.05) is 74.5 Å². The lowest BCUT2D eigenvalue weighted by molar-refractivity contribution is -0.0425. The smallest absolute Gasteiger partial charge is 0.178 e. The maximum Gasteiger partial charge on any atom is 0.178 e. The molecule has 3 N–H and O–H groups in total. The molecule has 0 fully saturated rings. The fourth-order valence-electron chi connectivity index (χ4n) is 2.62. The van der Waals surface area contributed by atoms with E-state index in [0.717, 1.165) is 16.9 Å². The predicted octanol–water partition coefficient (Wildman–Crippen LogP) is 4.41. The summed E-state index contributed by atoms with van der Waals surface area (Å²) in [7, 11) is 0. The summed E-state index contributed by atoms with van der Waals surface area (Å²) >= 11 is 0. The Morgan fingerprint density at radius 1 is 0.929 bits per heavy atom. The lowest BCUT2D eigenvalue weighted by atomic mass is 9.84. The van der Waals surface area contributed by atoms with Gasteiger partial charge in [0.2, 0.25) is 0 Å². The van der Waals surface area contributed by atoms with Crippen molar-refractivity contribution in [3.63, 3.8) is 0 Å². The lowest BCUT2D eigenvalue weighted by Crippen LogP contribution is -2.14. The normalized spacial score (nSPS) is 13.0. The maximum absolute atomic E-state index is 9.73. The van der Waals surface area contributed by atoms with E-state index in [1.165, 1.54) is 0 Å². The second-order valence-electron chi connectivity index (χ2n) is 8.03. The second kappa shape index (κ2) is 9.20. The van der Waals surface area contributed by atoms with E-state index in [4.69, 9.17) is 14.9 Å². The number of hydrogen-bond acceptors (Lipinski definition) is 4. The van der Waals surface area contributed by atoms with Crippen LogP contribution in [0.25, 0.3) is 0 Å². The van der Waals surface area contributed by atoms with Gasteiger partial charge < -0.3 is 20.1 Å². The topological polar surface area (TPSA) is 69.9 Å². The molecular weight excluding hydrogens is 352 g/mol. The molecule has 0 aliphatic heterocycles. The van der Waals surface area contributed by atoms with Crippen LogP contribution in [0.3, 0.4) is 0 Å². The molecule has 150 valence electrons. The molecule has 0 saturated heterocycles. The molecule has 0 bridgehead atoms. The largest absolute Gasteiger partial charge is 0.489 e. The molecule has 28 heavy (non-hydrogen) atoms. The molecule has 0 atom stereocenters. The first-order valence-electron chi connectivity index (χ1n) is 9.35. The summed E-state index contributed by atoms with van der Waals surface area (Å²) in [6.45, 7) is 8.13. The molecule has 0 heterocycles. The van der Waals surface area contributed by atoms with Gasteiger partial charge in [-0.05, 0) is 37.1 Å². The van der Waals surface area contributed by atoms with E-state index >= 15 is 0 Å². The predicted molar refractivity (Wildman–Crippen MR) is 112 cm³/mol. The zero-order chi connectivity index (χ0) is 20.8. The van der Waals surface area contributed by atoms with Crippen LogP contribution in [-0.4, -0.2) is 20.9 Å². The fraction of sp³-hybridized carbons (Fsp3) is 0.333. The Morgan fingerprint density at radius 2 is 1.57 bits per heavy atom. The highest BCUT2D eigenvalue weighted by Crippen LogP contribution is 2.28. The van der Waals surface area contributed by atoms with Crippen molar-refractivity contribution in [2.24, 2.45) is 0 Å². The minimum atomic E-state index is -1.46. The molecule has 0 aliphatic rings. The highest BCUT2D eigenvalue weighted by atomic mass is 16.5. The molecule has 0 unspecified atom stereocenters. The first-order chi connectivity index (χ1) is 13.1. The Morgan fingerprint density at radius 3 is 2.18 bits per heavy atom. The van der Waals surface area contributed by atoms with E-state index in [-0.39, 0.29) is 5.41 Å². The van der Waals surface area contributed by atoms with Crippen molar-refractivity contribution in [3.8, 4) is 5.75 Å². The van der Waals surface area contributed by atoms with E-state index in [1.807, 2.05) is 42.5 Å². The number of rotatable bonds is 8. The van der Waals surface area contributed by atoms with Gasteiger partial charge in [-0.25, -0.2) is 0 Å². The maximum atomic E-state index is 9.73. The second-order valence-corrected chi connectivity index (χ2v) is 8.03. The highest BCUT2D eigenvalue weighted by Gasteiger charge is 2.17. The first kappa shape index (κ1) is 21.9. The highest BCUT2D eigenvalue weighted by molar-refractivity contribution is 5.36. The standard InChI is InChI=1S/C24H30O4/c1-23(2,14-5-6-15-24(3,4)27)20-8-7-9-21(16-20)28-17-18-10-12-19(13-11-18)22(25)26/h5-16,22,25-27H,17H2,1-4H3. The molecule has 2 aromatic carbocycles. The Kier molecular flexibility index (Phi) is 7.19. The van der Waals surface area contributed by atoms with E-state index in [2.05, 4.69) is 26.0 Å². The molecule has 4 heteroatoms. The van der Waals surface area contributed by atoms with Gasteiger partial charge in [-0.2, -0.15) is 0 Å². The van der Waals surface area contributed by atoms with Crippen LogP contribution in [0, 0.1) is 0 Å². The summed E-state index contributed by atoms with van der Waals surface area (Å²) in [5, 5.41) is 28.0. The number of ether oxygens (including phenoxy) is 1. The van der Waals surface area contributed by atoms with Crippen LogP contribution in [-0.2, 0) is 12.0 Å². The minimum Gasteiger partial charge on any atom is -0.489 e. The third-order valence-electron chi connectivity index (χ3n) is 4.39. The Hall–Kier alpha value is -2.40. The molecule has 0 radical (unpaired) electrons. The summed E-state index contributed by atoms with van der Waals surface area (Å²) < 4.78 is 5.90. The summed E-state index contributed by atoms with van der Waals surface area (Å²) in [5.41, 5.74) is 1.51. The average Bonchev–Trinajstić information content (AvgIpc) is 2.63. The van der Waals surface area contributed by atoms with E-state index in [0.29, 0.717) is 12.2 Å². The van der Waals surface area contributed by atoms with Crippen molar-refractivity contribution in [2.75, 3.05) is 0 Å². The van der Waals surface area contributed by atoms with Gasteiger partial charge in [0.25, 0.3) is 0 Å². The number of aliphatic hydroxyl groups excluding tert-OH is 1. The van der Waals surface area contributed by atoms with Crippen molar-refractivity contribution < 1.29 is 20.1 Å². The van der Waals surface area contributed by atoms with Gasteiger partial charge in [0, 0.05) is 11.0 Å². The van der Waals surface area contributed by atoms with Crippen LogP contribution < -0.4 is 4.74 Å². The van der Waals surface area contributed by atoms with Crippen LogP contribution in [0.5, 0.6) is 5.75 Å². The molecule has 0 amide bonds. The average molecular weight is 383 g/mol. The summed E-state index contributed by atoms with van der Waals surface area (Å²) in [4.78, 5) is 0. The number of aliphatic hydroxyl groups is 3. The van der Waals surface area contributed by atoms with E-state index in [1.54, 1.807) is 32.1 Å². The zero-order valence-electron chi connectivity index (χ0n) is 17.0. The number of allylic oxidation sites excluding steroid dienone is 3. The van der Waals surface area contributed by atoms with Gasteiger partial charge >= 0.3 is 0 Å². The molecule has 4 nitrogen and oxygen atoms in total. The molecular formula is C24H30O4. The van der Waals surface area contributed by atoms with Crippen LogP contribution >= 0.6 is 0 Å². The van der Waals surface area contributed by atoms with Crippen molar-refractivity contribution in [1.29, 1.82) is 0 Å². The first-order valence-corrected chi connectivity index (χ1v) is 9.35. The van der Waals surface area contributed by atoms with Crippen molar-refractivity contribution in [3.05, 3.63) is 89.5 Å².